The van der Waals surface area contributed by atoms with Crippen LogP contribution < -0.4 is 10.0 Å². The Morgan fingerprint density at radius 2 is 2.14 bits per heavy atom. The fraction of sp³-hybridized carbons (Fsp3) is 0.786. The van der Waals surface area contributed by atoms with E-state index < -0.39 is 10.0 Å². The summed E-state index contributed by atoms with van der Waals surface area (Å²) >= 11 is 0. The Morgan fingerprint density at radius 3 is 2.71 bits per heavy atom. The minimum Gasteiger partial charge on any atom is -0.320 e. The molecule has 0 aromatic carbocycles. The van der Waals surface area contributed by atoms with E-state index in [-0.39, 0.29) is 10.3 Å². The molecule has 0 saturated heterocycles. The molecule has 2 rings (SSSR count). The molecular weight excluding hydrogens is 288 g/mol. The maximum Gasteiger partial charge on any atom is 0.243 e. The first kappa shape index (κ1) is 16.5. The molecule has 1 heterocycles. The van der Waals surface area contributed by atoms with Gasteiger partial charge in [-0.1, -0.05) is 13.8 Å². The standard InChI is InChI=1S/C14H26N4O2S/c1-12(2)14(5-6-14)11-17-21(19,20)13-9-16-18(10-13)8-4-7-15-3/h9-10,12,15,17H,4-8,11H2,1-3H3. The van der Waals surface area contributed by atoms with Crippen LogP contribution in [0.15, 0.2) is 17.3 Å². The molecule has 1 aliphatic carbocycles. The number of aromatic nitrogens is 2. The monoisotopic (exact) mass is 314 g/mol. The largest absolute Gasteiger partial charge is 0.320 e. The third-order valence-electron chi connectivity index (χ3n) is 4.47. The van der Waals surface area contributed by atoms with Crippen LogP contribution in [0.4, 0.5) is 0 Å². The van der Waals surface area contributed by atoms with Gasteiger partial charge in [-0.15, -0.1) is 0 Å². The van der Waals surface area contributed by atoms with Gasteiger partial charge >= 0.3 is 0 Å². The van der Waals surface area contributed by atoms with E-state index in [1.165, 1.54) is 6.20 Å². The zero-order chi connectivity index (χ0) is 15.5. The molecule has 21 heavy (non-hydrogen) atoms. The lowest BCUT2D eigenvalue weighted by atomic mass is 9.93. The highest BCUT2D eigenvalue weighted by Gasteiger charge is 2.45. The fourth-order valence-corrected chi connectivity index (χ4v) is 3.55. The lowest BCUT2D eigenvalue weighted by Gasteiger charge is -2.19. The molecule has 1 aromatic heterocycles. The zero-order valence-corrected chi connectivity index (χ0v) is 13.9. The van der Waals surface area contributed by atoms with Gasteiger partial charge in [-0.2, -0.15) is 5.10 Å². The summed E-state index contributed by atoms with van der Waals surface area (Å²) in [5.74, 6) is 0.504. The summed E-state index contributed by atoms with van der Waals surface area (Å²) in [4.78, 5) is 0.256. The maximum absolute atomic E-state index is 12.3. The van der Waals surface area contributed by atoms with Crippen LogP contribution >= 0.6 is 0 Å². The predicted molar refractivity (Wildman–Crippen MR) is 82.5 cm³/mol. The first-order valence-corrected chi connectivity index (χ1v) is 9.05. The Bertz CT molecular complexity index is 561. The Labute approximate surface area is 127 Å². The molecule has 1 aliphatic rings. The quantitative estimate of drug-likeness (QED) is 0.672. The van der Waals surface area contributed by atoms with Crippen LogP contribution in [-0.4, -0.2) is 38.3 Å². The lowest BCUT2D eigenvalue weighted by molar-refractivity contribution is 0.357. The molecule has 1 saturated carbocycles. The molecule has 120 valence electrons. The molecule has 6 nitrogen and oxygen atoms in total. The SMILES string of the molecule is CNCCCn1cc(S(=O)(=O)NCC2(C(C)C)CC2)cn1. The van der Waals surface area contributed by atoms with E-state index in [1.54, 1.807) is 10.9 Å². The van der Waals surface area contributed by atoms with Crippen molar-refractivity contribution in [3.8, 4) is 0 Å². The Hall–Kier alpha value is -0.920. The summed E-state index contributed by atoms with van der Waals surface area (Å²) in [6.45, 7) is 6.43. The van der Waals surface area contributed by atoms with Gasteiger partial charge in [0.1, 0.15) is 4.90 Å². The van der Waals surface area contributed by atoms with Crippen LogP contribution in [0, 0.1) is 11.3 Å². The van der Waals surface area contributed by atoms with Gasteiger partial charge in [0.05, 0.1) is 6.20 Å². The van der Waals surface area contributed by atoms with Crippen molar-refractivity contribution in [1.82, 2.24) is 19.8 Å². The van der Waals surface area contributed by atoms with Gasteiger partial charge in [0, 0.05) is 19.3 Å². The molecule has 0 radical (unpaired) electrons. The molecular formula is C14H26N4O2S. The molecule has 0 spiro atoms. The highest BCUT2D eigenvalue weighted by molar-refractivity contribution is 7.89. The molecule has 2 N–H and O–H groups in total. The summed E-state index contributed by atoms with van der Waals surface area (Å²) < 4.78 is 29.0. The minimum atomic E-state index is -3.45. The molecule has 0 unspecified atom stereocenters. The van der Waals surface area contributed by atoms with Gasteiger partial charge < -0.3 is 5.32 Å². The highest BCUT2D eigenvalue weighted by Crippen LogP contribution is 2.51. The van der Waals surface area contributed by atoms with Crippen LogP contribution in [-0.2, 0) is 16.6 Å². The van der Waals surface area contributed by atoms with Crippen LogP contribution in [0.2, 0.25) is 0 Å². The van der Waals surface area contributed by atoms with Crippen LogP contribution in [0.1, 0.15) is 33.1 Å². The van der Waals surface area contributed by atoms with Crippen molar-refractivity contribution < 1.29 is 8.42 Å². The normalized spacial score (nSPS) is 17.3. The maximum atomic E-state index is 12.3. The van der Waals surface area contributed by atoms with Crippen molar-refractivity contribution in [3.05, 3.63) is 12.4 Å². The Kier molecular flexibility index (Phi) is 5.06. The molecule has 1 fully saturated rings. The number of nitrogens with one attached hydrogen (secondary N) is 2. The van der Waals surface area contributed by atoms with Crippen LogP contribution in [0.5, 0.6) is 0 Å². The minimum absolute atomic E-state index is 0.163. The van der Waals surface area contributed by atoms with Crippen LogP contribution in [0.3, 0.4) is 0 Å². The van der Waals surface area contributed by atoms with Gasteiger partial charge in [-0.25, -0.2) is 13.1 Å². The first-order chi connectivity index (χ1) is 9.89. The number of hydrogen-bond acceptors (Lipinski definition) is 4. The van der Waals surface area contributed by atoms with E-state index in [0.29, 0.717) is 19.0 Å². The summed E-state index contributed by atoms with van der Waals surface area (Å²) in [7, 11) is -1.55. The summed E-state index contributed by atoms with van der Waals surface area (Å²) in [6.07, 6.45) is 6.16. The van der Waals surface area contributed by atoms with Crippen molar-refractivity contribution in [2.24, 2.45) is 11.3 Å². The average Bonchev–Trinajstić information content (AvgIpc) is 3.08. The molecule has 1 aromatic rings. The second kappa shape index (κ2) is 6.46. The van der Waals surface area contributed by atoms with E-state index in [2.05, 4.69) is 29.0 Å². The summed E-state index contributed by atoms with van der Waals surface area (Å²) in [5, 5.41) is 7.18. The van der Waals surface area contributed by atoms with Gasteiger partial charge in [-0.05, 0) is 44.2 Å². The van der Waals surface area contributed by atoms with Gasteiger partial charge in [0.25, 0.3) is 0 Å². The van der Waals surface area contributed by atoms with E-state index in [1.807, 2.05) is 7.05 Å². The zero-order valence-electron chi connectivity index (χ0n) is 13.1. The fourth-order valence-electron chi connectivity index (χ4n) is 2.46. The third kappa shape index (κ3) is 4.05. The topological polar surface area (TPSA) is 76.0 Å². The van der Waals surface area contributed by atoms with Crippen LogP contribution in [0.25, 0.3) is 0 Å². The van der Waals surface area contributed by atoms with Crippen molar-refractivity contribution in [2.45, 2.75) is 44.6 Å². The number of rotatable bonds is 9. The van der Waals surface area contributed by atoms with Crippen molar-refractivity contribution >= 4 is 10.0 Å². The Balaban J connectivity index is 1.93. The predicted octanol–water partition coefficient (Wildman–Crippen LogP) is 1.21. The molecule has 0 atom stereocenters. The second-order valence-corrected chi connectivity index (χ2v) is 8.00. The van der Waals surface area contributed by atoms with Crippen molar-refractivity contribution in [1.29, 1.82) is 0 Å². The summed E-state index contributed by atoms with van der Waals surface area (Å²) in [6, 6.07) is 0. The number of aryl methyl sites for hydroxylation is 1. The van der Waals surface area contributed by atoms with Crippen molar-refractivity contribution in [3.63, 3.8) is 0 Å². The highest BCUT2D eigenvalue weighted by atomic mass is 32.2. The Morgan fingerprint density at radius 1 is 1.43 bits per heavy atom. The lowest BCUT2D eigenvalue weighted by Crippen LogP contribution is -2.32. The molecule has 0 bridgehead atoms. The van der Waals surface area contributed by atoms with Gasteiger partial charge in [0.2, 0.25) is 10.0 Å². The first-order valence-electron chi connectivity index (χ1n) is 7.56. The molecule has 0 aliphatic heterocycles. The second-order valence-electron chi connectivity index (χ2n) is 6.24. The van der Waals surface area contributed by atoms with E-state index in [9.17, 15) is 8.42 Å². The van der Waals surface area contributed by atoms with E-state index in [4.69, 9.17) is 0 Å². The summed E-state index contributed by atoms with van der Waals surface area (Å²) in [5.41, 5.74) is 0.163. The van der Waals surface area contributed by atoms with E-state index in [0.717, 1.165) is 25.8 Å². The van der Waals surface area contributed by atoms with Crippen molar-refractivity contribution in [2.75, 3.05) is 20.1 Å². The smallest absolute Gasteiger partial charge is 0.243 e. The average molecular weight is 314 g/mol. The van der Waals surface area contributed by atoms with Gasteiger partial charge in [0.15, 0.2) is 0 Å². The molecule has 0 amide bonds. The number of sulfonamides is 1. The van der Waals surface area contributed by atoms with Gasteiger partial charge in [-0.3, -0.25) is 4.68 Å². The number of hydrogen-bond donors (Lipinski definition) is 2. The number of nitrogens with zero attached hydrogens (tertiary/aromatic N) is 2. The third-order valence-corrected chi connectivity index (χ3v) is 5.82. The van der Waals surface area contributed by atoms with E-state index >= 15 is 0 Å². The molecule has 7 heteroatoms.